The Bertz CT molecular complexity index is 782. The van der Waals surface area contributed by atoms with Gasteiger partial charge in [-0.2, -0.15) is 5.26 Å². The number of aromatic nitrogens is 1. The van der Waals surface area contributed by atoms with Crippen molar-refractivity contribution in [3.05, 3.63) is 64.0 Å². The quantitative estimate of drug-likeness (QED) is 0.405. The molecule has 0 aliphatic carbocycles. The van der Waals surface area contributed by atoms with Gasteiger partial charge in [-0.25, -0.2) is 0 Å². The number of non-ortho nitro benzene ring substituents is 1. The molecular formula is C15H12N4O3. The Morgan fingerprint density at radius 3 is 2.55 bits per heavy atom. The van der Waals surface area contributed by atoms with Crippen LogP contribution in [0.1, 0.15) is 5.69 Å². The molecule has 2 rings (SSSR count). The largest absolute Gasteiger partial charge is 0.351 e. The lowest BCUT2D eigenvalue weighted by atomic mass is 10.2. The second kappa shape index (κ2) is 6.37. The lowest BCUT2D eigenvalue weighted by Gasteiger charge is -2.04. The Kier molecular flexibility index (Phi) is 4.34. The Balaban J connectivity index is 2.16. The lowest BCUT2D eigenvalue weighted by Crippen LogP contribution is -2.13. The third kappa shape index (κ3) is 3.37. The lowest BCUT2D eigenvalue weighted by molar-refractivity contribution is -0.384. The van der Waals surface area contributed by atoms with E-state index in [9.17, 15) is 14.9 Å². The van der Waals surface area contributed by atoms with Crippen LogP contribution in [0.3, 0.4) is 0 Å². The SMILES string of the molecule is Cn1cccc1/C=C(\C#N)C(=O)Nc1ccc([N+](=O)[O-])cc1. The molecule has 0 bridgehead atoms. The van der Waals surface area contributed by atoms with Crippen molar-refractivity contribution in [2.24, 2.45) is 7.05 Å². The number of nitrogens with one attached hydrogen (secondary N) is 1. The normalized spacial score (nSPS) is 10.8. The van der Waals surface area contributed by atoms with E-state index >= 15 is 0 Å². The number of nitriles is 1. The molecule has 1 aromatic heterocycles. The summed E-state index contributed by atoms with van der Waals surface area (Å²) < 4.78 is 1.77. The molecule has 0 aliphatic heterocycles. The number of nitro groups is 1. The molecular weight excluding hydrogens is 284 g/mol. The number of nitro benzene ring substituents is 1. The number of hydrogen-bond donors (Lipinski definition) is 1. The van der Waals surface area contributed by atoms with Crippen molar-refractivity contribution in [3.8, 4) is 6.07 Å². The average Bonchev–Trinajstić information content (AvgIpc) is 2.90. The molecule has 22 heavy (non-hydrogen) atoms. The van der Waals surface area contributed by atoms with Crippen LogP contribution in [0, 0.1) is 21.4 Å². The minimum absolute atomic E-state index is 0.0554. The molecule has 0 unspecified atom stereocenters. The first-order valence-corrected chi connectivity index (χ1v) is 6.30. The Labute approximate surface area is 126 Å². The summed E-state index contributed by atoms with van der Waals surface area (Å²) in [7, 11) is 1.80. The molecule has 0 aliphatic rings. The van der Waals surface area contributed by atoms with Gasteiger partial charge < -0.3 is 9.88 Å². The number of carbonyl (C=O) groups excluding carboxylic acids is 1. The highest BCUT2D eigenvalue weighted by atomic mass is 16.6. The van der Waals surface area contributed by atoms with E-state index in [2.05, 4.69) is 5.32 Å². The number of benzene rings is 1. The van der Waals surface area contributed by atoms with Crippen molar-refractivity contribution >= 4 is 23.4 Å². The Morgan fingerprint density at radius 1 is 1.36 bits per heavy atom. The average molecular weight is 296 g/mol. The van der Waals surface area contributed by atoms with Crippen LogP contribution in [-0.4, -0.2) is 15.4 Å². The molecule has 0 saturated heterocycles. The monoisotopic (exact) mass is 296 g/mol. The molecule has 1 heterocycles. The third-order valence-corrected chi connectivity index (χ3v) is 2.98. The summed E-state index contributed by atoms with van der Waals surface area (Å²) in [6.45, 7) is 0. The van der Waals surface area contributed by atoms with Crippen LogP contribution < -0.4 is 5.32 Å². The summed E-state index contributed by atoms with van der Waals surface area (Å²) in [5.41, 5.74) is 0.969. The maximum absolute atomic E-state index is 12.1. The highest BCUT2D eigenvalue weighted by Crippen LogP contribution is 2.16. The van der Waals surface area contributed by atoms with Crippen molar-refractivity contribution in [1.82, 2.24) is 4.57 Å². The van der Waals surface area contributed by atoms with Gasteiger partial charge in [0.25, 0.3) is 11.6 Å². The third-order valence-electron chi connectivity index (χ3n) is 2.98. The number of anilines is 1. The summed E-state index contributed by atoms with van der Waals surface area (Å²) in [6, 6.07) is 10.8. The fourth-order valence-corrected chi connectivity index (χ4v) is 1.79. The maximum atomic E-state index is 12.1. The number of aryl methyl sites for hydroxylation is 1. The van der Waals surface area contributed by atoms with E-state index in [1.807, 2.05) is 6.07 Å². The number of carbonyl (C=O) groups is 1. The second-order valence-corrected chi connectivity index (χ2v) is 4.47. The van der Waals surface area contributed by atoms with Crippen LogP contribution >= 0.6 is 0 Å². The summed E-state index contributed by atoms with van der Waals surface area (Å²) in [6.07, 6.45) is 3.27. The van der Waals surface area contributed by atoms with Crippen LogP contribution in [0.2, 0.25) is 0 Å². The van der Waals surface area contributed by atoms with Crippen LogP contribution in [0.15, 0.2) is 48.2 Å². The van der Waals surface area contributed by atoms with Gasteiger partial charge in [0.15, 0.2) is 0 Å². The first kappa shape index (κ1) is 15.0. The van der Waals surface area contributed by atoms with Gasteiger partial charge in [-0.1, -0.05) is 0 Å². The minimum Gasteiger partial charge on any atom is -0.351 e. The van der Waals surface area contributed by atoms with Gasteiger partial charge in [0.2, 0.25) is 0 Å². The molecule has 2 aromatic rings. The van der Waals surface area contributed by atoms with E-state index in [1.54, 1.807) is 29.9 Å². The van der Waals surface area contributed by atoms with Gasteiger partial charge in [0.1, 0.15) is 11.6 Å². The summed E-state index contributed by atoms with van der Waals surface area (Å²) in [4.78, 5) is 22.1. The first-order valence-electron chi connectivity index (χ1n) is 6.30. The predicted octanol–water partition coefficient (Wildman–Crippen LogP) is 2.48. The summed E-state index contributed by atoms with van der Waals surface area (Å²) in [5, 5.41) is 22.2. The predicted molar refractivity (Wildman–Crippen MR) is 80.7 cm³/mol. The molecule has 7 nitrogen and oxygen atoms in total. The van der Waals surface area contributed by atoms with Crippen LogP contribution in [0.25, 0.3) is 6.08 Å². The smallest absolute Gasteiger partial charge is 0.269 e. The molecule has 1 amide bonds. The molecule has 0 saturated carbocycles. The van der Waals surface area contributed by atoms with Crippen LogP contribution in [0.5, 0.6) is 0 Å². The van der Waals surface area contributed by atoms with Gasteiger partial charge in [0.05, 0.1) is 4.92 Å². The topological polar surface area (TPSA) is 101 Å². The molecule has 0 spiro atoms. The Hall–Kier alpha value is -3.40. The first-order chi connectivity index (χ1) is 10.5. The zero-order valence-electron chi connectivity index (χ0n) is 11.7. The van der Waals surface area contributed by atoms with Gasteiger partial charge in [-0.15, -0.1) is 0 Å². The van der Waals surface area contributed by atoms with Crippen LogP contribution in [0.4, 0.5) is 11.4 Å². The Morgan fingerprint density at radius 2 is 2.05 bits per heavy atom. The molecule has 0 radical (unpaired) electrons. The van der Waals surface area contributed by atoms with Gasteiger partial charge in [-0.05, 0) is 30.3 Å². The number of hydrogen-bond acceptors (Lipinski definition) is 4. The number of nitrogens with zero attached hydrogens (tertiary/aromatic N) is 3. The van der Waals surface area contributed by atoms with Crippen LogP contribution in [-0.2, 0) is 11.8 Å². The summed E-state index contributed by atoms with van der Waals surface area (Å²) in [5.74, 6) is -0.572. The van der Waals surface area contributed by atoms with Crippen molar-refractivity contribution in [2.45, 2.75) is 0 Å². The molecule has 1 aromatic carbocycles. The summed E-state index contributed by atoms with van der Waals surface area (Å²) >= 11 is 0. The van der Waals surface area contributed by atoms with E-state index < -0.39 is 10.8 Å². The zero-order chi connectivity index (χ0) is 16.1. The molecule has 7 heteroatoms. The minimum atomic E-state index is -0.572. The van der Waals surface area contributed by atoms with Crippen molar-refractivity contribution < 1.29 is 9.72 Å². The number of rotatable bonds is 4. The van der Waals surface area contributed by atoms with Gasteiger partial charge in [-0.3, -0.25) is 14.9 Å². The van der Waals surface area contributed by atoms with E-state index in [1.165, 1.54) is 30.3 Å². The molecule has 0 atom stereocenters. The highest BCUT2D eigenvalue weighted by molar-refractivity contribution is 6.09. The maximum Gasteiger partial charge on any atom is 0.269 e. The number of amides is 1. The van der Waals surface area contributed by atoms with Gasteiger partial charge in [0, 0.05) is 36.8 Å². The van der Waals surface area contributed by atoms with E-state index in [-0.39, 0.29) is 11.3 Å². The van der Waals surface area contributed by atoms with Crippen molar-refractivity contribution in [1.29, 1.82) is 5.26 Å². The molecule has 110 valence electrons. The van der Waals surface area contributed by atoms with Crippen molar-refractivity contribution in [3.63, 3.8) is 0 Å². The van der Waals surface area contributed by atoms with Crippen molar-refractivity contribution in [2.75, 3.05) is 5.32 Å². The zero-order valence-corrected chi connectivity index (χ0v) is 11.7. The van der Waals surface area contributed by atoms with E-state index in [4.69, 9.17) is 5.26 Å². The standard InChI is InChI=1S/C15H12N4O3/c1-18-8-2-3-14(18)9-11(10-16)15(20)17-12-4-6-13(7-5-12)19(21)22/h2-9H,1H3,(H,17,20)/b11-9+. The fraction of sp³-hybridized carbons (Fsp3) is 0.0667. The molecule has 1 N–H and O–H groups in total. The fourth-order valence-electron chi connectivity index (χ4n) is 1.79. The van der Waals surface area contributed by atoms with Gasteiger partial charge >= 0.3 is 0 Å². The van der Waals surface area contributed by atoms with E-state index in [0.717, 1.165) is 5.69 Å². The second-order valence-electron chi connectivity index (χ2n) is 4.47. The molecule has 0 fully saturated rings. The highest BCUT2D eigenvalue weighted by Gasteiger charge is 2.11. The van der Waals surface area contributed by atoms with E-state index in [0.29, 0.717) is 5.69 Å².